The first-order valence-electron chi connectivity index (χ1n) is 20.2. The Labute approximate surface area is 314 Å². The lowest BCUT2D eigenvalue weighted by atomic mass is 9.33. The van der Waals surface area contributed by atoms with Crippen molar-refractivity contribution in [3.8, 4) is 0 Å². The summed E-state index contributed by atoms with van der Waals surface area (Å²) in [5.41, 5.74) is 0.584. The van der Waals surface area contributed by atoms with E-state index in [1.54, 1.807) is 0 Å². The zero-order valence-corrected chi connectivity index (χ0v) is 32.7. The average molecular weight is 751 g/mol. The molecule has 0 unspecified atom stereocenters. The quantitative estimate of drug-likeness (QED) is 0.155. The van der Waals surface area contributed by atoms with Gasteiger partial charge in [-0.15, -0.1) is 0 Å². The van der Waals surface area contributed by atoms with Crippen molar-refractivity contribution in [1.29, 1.82) is 0 Å². The Balaban J connectivity index is 1.06. The number of ether oxygens (including phenoxy) is 4. The fourth-order valence-corrected chi connectivity index (χ4v) is 13.4. The Kier molecular flexibility index (Phi) is 10.2. The standard InChI is InChI=1S/C41H66O12/c1-36(2)14-16-41(35(48)49)17-15-39(6)21(22(41)18-36)8-9-26-38(5)12-11-27(37(3,4)25(38)10-13-40(26,39)7)53-33-31(46)29(44)24(20-50-33)52-34-32(47)30(45)28(43)23(19-42)51-34/h8,22-34,42-47H,9-20H2,1-7H3,(H,48,49)/t22-,23+,24-,25-,26+,27-,28+,29-,30-,31+,32+,33-,34-,38-,39+,40+,41-/m0/s1. The number of aliphatic carboxylic acids is 1. The van der Waals surface area contributed by atoms with Gasteiger partial charge in [-0.25, -0.2) is 0 Å². The number of fused-ring (bicyclic) bond motifs is 7. The molecule has 7 aliphatic rings. The van der Waals surface area contributed by atoms with Crippen LogP contribution in [0.2, 0.25) is 0 Å². The number of rotatable bonds is 6. The van der Waals surface area contributed by atoms with Crippen molar-refractivity contribution >= 4 is 5.97 Å². The Morgan fingerprint density at radius 2 is 1.47 bits per heavy atom. The molecular formula is C41H66O12. The van der Waals surface area contributed by atoms with Crippen LogP contribution in [0, 0.1) is 50.2 Å². The predicted octanol–water partition coefficient (Wildman–Crippen LogP) is 3.52. The summed E-state index contributed by atoms with van der Waals surface area (Å²) in [6.07, 6.45) is -1.38. The summed E-state index contributed by atoms with van der Waals surface area (Å²) in [6, 6.07) is 0. The minimum Gasteiger partial charge on any atom is -0.481 e. The van der Waals surface area contributed by atoms with Gasteiger partial charge in [-0.1, -0.05) is 60.1 Å². The number of carboxylic acid groups (broad SMARTS) is 1. The van der Waals surface area contributed by atoms with E-state index in [2.05, 4.69) is 54.5 Å². The van der Waals surface area contributed by atoms with E-state index in [1.165, 1.54) is 5.57 Å². The van der Waals surface area contributed by atoms with Crippen LogP contribution in [0.25, 0.3) is 0 Å². The lowest BCUT2D eigenvalue weighted by molar-refractivity contribution is -0.351. The second-order valence-electron chi connectivity index (χ2n) is 20.2. The van der Waals surface area contributed by atoms with Crippen LogP contribution in [0.15, 0.2) is 11.6 Å². The molecule has 7 rings (SSSR count). The summed E-state index contributed by atoms with van der Waals surface area (Å²) in [7, 11) is 0. The molecule has 2 heterocycles. The van der Waals surface area contributed by atoms with E-state index in [0.29, 0.717) is 11.8 Å². The van der Waals surface area contributed by atoms with Crippen LogP contribution in [-0.4, -0.2) is 116 Å². The number of aliphatic hydroxyl groups excluding tert-OH is 6. The van der Waals surface area contributed by atoms with Crippen molar-refractivity contribution in [3.05, 3.63) is 11.6 Å². The lowest BCUT2D eigenvalue weighted by Crippen LogP contribution is -2.66. The molecule has 4 saturated carbocycles. The molecule has 2 saturated heterocycles. The first-order valence-corrected chi connectivity index (χ1v) is 20.2. The topological polar surface area (TPSA) is 196 Å². The first-order chi connectivity index (χ1) is 24.7. The van der Waals surface area contributed by atoms with Gasteiger partial charge in [0.05, 0.1) is 24.7 Å². The number of hydrogen-bond donors (Lipinski definition) is 7. The third kappa shape index (κ3) is 5.94. The van der Waals surface area contributed by atoms with Crippen LogP contribution in [0.3, 0.4) is 0 Å². The second-order valence-corrected chi connectivity index (χ2v) is 20.2. The van der Waals surface area contributed by atoms with Gasteiger partial charge >= 0.3 is 5.97 Å². The monoisotopic (exact) mass is 750 g/mol. The van der Waals surface area contributed by atoms with E-state index in [4.69, 9.17) is 18.9 Å². The molecule has 0 aromatic carbocycles. The number of allylic oxidation sites excluding steroid dienone is 2. The predicted molar refractivity (Wildman–Crippen MR) is 192 cm³/mol. The summed E-state index contributed by atoms with van der Waals surface area (Å²) in [6.45, 7) is 15.8. The van der Waals surface area contributed by atoms with E-state index in [0.717, 1.165) is 64.2 Å². The van der Waals surface area contributed by atoms with Crippen molar-refractivity contribution in [1.82, 2.24) is 0 Å². The highest BCUT2D eigenvalue weighted by Crippen LogP contribution is 2.76. The summed E-state index contributed by atoms with van der Waals surface area (Å²) >= 11 is 0. The largest absolute Gasteiger partial charge is 0.481 e. The van der Waals surface area contributed by atoms with Crippen molar-refractivity contribution < 1.29 is 59.5 Å². The molecule has 0 aromatic heterocycles. The molecule has 5 aliphatic carbocycles. The molecule has 0 bridgehead atoms. The molecule has 12 nitrogen and oxygen atoms in total. The minimum absolute atomic E-state index is 0.0183. The number of carboxylic acids is 1. The van der Waals surface area contributed by atoms with Gasteiger partial charge in [0.2, 0.25) is 0 Å². The molecule has 0 amide bonds. The molecule has 12 heteroatoms. The van der Waals surface area contributed by atoms with Gasteiger partial charge in [0, 0.05) is 0 Å². The van der Waals surface area contributed by atoms with Gasteiger partial charge in [-0.05, 0) is 109 Å². The summed E-state index contributed by atoms with van der Waals surface area (Å²) in [5.74, 6) is 0.218. The van der Waals surface area contributed by atoms with E-state index in [-0.39, 0.29) is 45.7 Å². The van der Waals surface area contributed by atoms with Crippen LogP contribution >= 0.6 is 0 Å². The first kappa shape index (κ1) is 40.0. The zero-order valence-electron chi connectivity index (χ0n) is 32.7. The molecule has 17 atom stereocenters. The molecule has 0 radical (unpaired) electrons. The van der Waals surface area contributed by atoms with Crippen molar-refractivity contribution in [2.45, 2.75) is 174 Å². The van der Waals surface area contributed by atoms with Gasteiger partial charge in [-0.3, -0.25) is 4.79 Å². The van der Waals surface area contributed by atoms with Crippen LogP contribution in [0.4, 0.5) is 0 Å². The molecule has 7 N–H and O–H groups in total. The summed E-state index contributed by atoms with van der Waals surface area (Å²) in [5, 5.41) is 73.2. The Bertz CT molecular complexity index is 1430. The van der Waals surface area contributed by atoms with Gasteiger partial charge in [-0.2, -0.15) is 0 Å². The van der Waals surface area contributed by atoms with Crippen LogP contribution in [0.5, 0.6) is 0 Å². The van der Waals surface area contributed by atoms with Crippen LogP contribution < -0.4 is 0 Å². The van der Waals surface area contributed by atoms with Gasteiger partial charge in [0.15, 0.2) is 12.6 Å². The normalized spacial score (nSPS) is 53.3. The Morgan fingerprint density at radius 3 is 2.15 bits per heavy atom. The Morgan fingerprint density at radius 1 is 0.792 bits per heavy atom. The molecule has 2 aliphatic heterocycles. The molecule has 53 heavy (non-hydrogen) atoms. The van der Waals surface area contributed by atoms with Gasteiger partial charge < -0.3 is 54.7 Å². The number of aliphatic hydroxyl groups is 6. The maximum atomic E-state index is 13.0. The van der Waals surface area contributed by atoms with Crippen LogP contribution in [-0.2, 0) is 23.7 Å². The highest BCUT2D eigenvalue weighted by molar-refractivity contribution is 5.76. The molecular weight excluding hydrogens is 684 g/mol. The van der Waals surface area contributed by atoms with Crippen molar-refractivity contribution in [3.63, 3.8) is 0 Å². The SMILES string of the molecule is CC1(C)CC[C@]2(C(=O)O)CC[C@]3(C)C(=CC[C@@H]4[C@@]5(C)CC[C@H](O[C@@H]6OC[C@H](O[C@@H]7O[C@H](CO)[C@@H](O)[C@H](O)[C@H]7O)[C@H](O)[C@H]6O)C(C)(C)[C@@H]5CC[C@]43C)[C@@H]2C1. The third-order valence-corrected chi connectivity index (χ3v) is 16.9. The van der Waals surface area contributed by atoms with E-state index < -0.39 is 73.3 Å². The fraction of sp³-hybridized carbons (Fsp3) is 0.927. The van der Waals surface area contributed by atoms with Gasteiger partial charge in [0.25, 0.3) is 0 Å². The van der Waals surface area contributed by atoms with E-state index >= 15 is 0 Å². The zero-order chi connectivity index (χ0) is 38.7. The molecule has 0 spiro atoms. The molecule has 6 fully saturated rings. The third-order valence-electron chi connectivity index (χ3n) is 16.9. The Hall–Kier alpha value is -1.19. The van der Waals surface area contributed by atoms with E-state index in [9.17, 15) is 40.5 Å². The summed E-state index contributed by atoms with van der Waals surface area (Å²) in [4.78, 5) is 13.0. The van der Waals surface area contributed by atoms with Crippen molar-refractivity contribution in [2.24, 2.45) is 50.2 Å². The van der Waals surface area contributed by atoms with Crippen LogP contribution in [0.1, 0.15) is 113 Å². The maximum absolute atomic E-state index is 13.0. The minimum atomic E-state index is -1.65. The second kappa shape index (κ2) is 13.5. The lowest BCUT2D eigenvalue weighted by Gasteiger charge is -2.71. The molecule has 0 aromatic rings. The fourth-order valence-electron chi connectivity index (χ4n) is 13.4. The highest BCUT2D eigenvalue weighted by Gasteiger charge is 2.69. The average Bonchev–Trinajstić information content (AvgIpc) is 3.09. The molecule has 302 valence electrons. The number of hydrogen-bond acceptors (Lipinski definition) is 11. The summed E-state index contributed by atoms with van der Waals surface area (Å²) < 4.78 is 23.7. The van der Waals surface area contributed by atoms with Gasteiger partial charge in [0.1, 0.15) is 42.7 Å². The van der Waals surface area contributed by atoms with E-state index in [1.807, 2.05) is 0 Å². The smallest absolute Gasteiger partial charge is 0.310 e. The van der Waals surface area contributed by atoms with Crippen molar-refractivity contribution in [2.75, 3.05) is 13.2 Å². The highest BCUT2D eigenvalue weighted by atomic mass is 16.7. The maximum Gasteiger partial charge on any atom is 0.310 e. The number of carbonyl (C=O) groups is 1.